The van der Waals surface area contributed by atoms with Crippen LogP contribution >= 0.6 is 0 Å². The van der Waals surface area contributed by atoms with Crippen molar-refractivity contribution >= 4 is 12.0 Å². The molecule has 5 aromatic rings. The Bertz CT molecular complexity index is 2020. The van der Waals surface area contributed by atoms with Crippen LogP contribution in [0.15, 0.2) is 133 Å². The van der Waals surface area contributed by atoms with Crippen molar-refractivity contribution in [3.63, 3.8) is 0 Å². The van der Waals surface area contributed by atoms with Crippen LogP contribution in [0.2, 0.25) is 0 Å². The summed E-state index contributed by atoms with van der Waals surface area (Å²) < 4.78 is 18.3. The van der Waals surface area contributed by atoms with Gasteiger partial charge in [0.05, 0.1) is 25.9 Å². The number of hydrogen-bond acceptors (Lipinski definition) is 8. The normalized spacial score (nSPS) is 19.4. The molecule has 0 saturated carbocycles. The molecule has 2 fully saturated rings. The standard InChI is InChI=1S/C47H52N4O6/c1-55-45(53)43(28-34-10-4-2-5-11-34)49-47(54)48-30-40-14-8-9-15-42(40)37-20-22-39(23-21-37)46-56-41(29-44(57-46)38-18-16-36(33-52)17-19-38)32-51-26-24-50(25-27-51)31-35-12-6-3-7-13-35/h2-23,41,43-44,46,52H,24-33H2,1H3,(H2,48,49,54). The molecule has 2 aliphatic heterocycles. The second-order valence-corrected chi connectivity index (χ2v) is 14.8. The van der Waals surface area contributed by atoms with Crippen molar-refractivity contribution in [2.45, 2.75) is 57.1 Å². The summed E-state index contributed by atoms with van der Waals surface area (Å²) in [5.41, 5.74) is 8.02. The van der Waals surface area contributed by atoms with E-state index in [0.29, 0.717) is 6.42 Å². The molecular weight excluding hydrogens is 717 g/mol. The maximum Gasteiger partial charge on any atom is 0.328 e. The molecule has 2 heterocycles. The first kappa shape index (κ1) is 39.9. The minimum Gasteiger partial charge on any atom is -0.467 e. The molecule has 57 heavy (non-hydrogen) atoms. The van der Waals surface area contributed by atoms with Crippen molar-refractivity contribution in [1.82, 2.24) is 20.4 Å². The number of nitrogens with one attached hydrogen (secondary N) is 2. The fourth-order valence-corrected chi connectivity index (χ4v) is 7.64. The minimum atomic E-state index is -0.821. The first-order chi connectivity index (χ1) is 27.9. The molecule has 7 rings (SSSR count). The van der Waals surface area contributed by atoms with Gasteiger partial charge in [-0.2, -0.15) is 0 Å². The van der Waals surface area contributed by atoms with E-state index >= 15 is 0 Å². The average Bonchev–Trinajstić information content (AvgIpc) is 3.26. The highest BCUT2D eigenvalue weighted by Gasteiger charge is 2.34. The predicted octanol–water partition coefficient (Wildman–Crippen LogP) is 6.79. The summed E-state index contributed by atoms with van der Waals surface area (Å²) in [7, 11) is 1.32. The molecule has 2 aliphatic rings. The maximum absolute atomic E-state index is 13.0. The number of benzene rings is 5. The van der Waals surface area contributed by atoms with Gasteiger partial charge in [0.15, 0.2) is 6.29 Å². The Morgan fingerprint density at radius 3 is 2.05 bits per heavy atom. The van der Waals surface area contributed by atoms with E-state index in [4.69, 9.17) is 14.2 Å². The lowest BCUT2D eigenvalue weighted by Crippen LogP contribution is -2.49. The molecule has 2 amide bonds. The summed E-state index contributed by atoms with van der Waals surface area (Å²) in [6.07, 6.45) is 0.305. The monoisotopic (exact) mass is 768 g/mol. The molecule has 0 spiro atoms. The second kappa shape index (κ2) is 19.7. The molecule has 0 bridgehead atoms. The van der Waals surface area contributed by atoms with Crippen LogP contribution in [0, 0.1) is 0 Å². The highest BCUT2D eigenvalue weighted by Crippen LogP contribution is 2.39. The van der Waals surface area contributed by atoms with Crippen LogP contribution in [0.1, 0.15) is 52.2 Å². The molecule has 5 aromatic carbocycles. The zero-order valence-electron chi connectivity index (χ0n) is 32.5. The van der Waals surface area contributed by atoms with Crippen LogP contribution in [-0.4, -0.2) is 78.9 Å². The van der Waals surface area contributed by atoms with Gasteiger partial charge in [-0.05, 0) is 38.9 Å². The Morgan fingerprint density at radius 2 is 1.37 bits per heavy atom. The van der Waals surface area contributed by atoms with E-state index in [-0.39, 0.29) is 25.4 Å². The van der Waals surface area contributed by atoms with E-state index < -0.39 is 24.3 Å². The van der Waals surface area contributed by atoms with Gasteiger partial charge in [-0.3, -0.25) is 9.80 Å². The van der Waals surface area contributed by atoms with E-state index in [1.54, 1.807) is 0 Å². The van der Waals surface area contributed by atoms with Gasteiger partial charge < -0.3 is 30.0 Å². The quantitative estimate of drug-likeness (QED) is 0.106. The van der Waals surface area contributed by atoms with Crippen LogP contribution in [0.4, 0.5) is 4.79 Å². The van der Waals surface area contributed by atoms with E-state index in [1.165, 1.54) is 12.7 Å². The molecule has 0 radical (unpaired) electrons. The Morgan fingerprint density at radius 1 is 0.737 bits per heavy atom. The molecule has 0 aromatic heterocycles. The summed E-state index contributed by atoms with van der Waals surface area (Å²) in [6.45, 7) is 6.05. The highest BCUT2D eigenvalue weighted by molar-refractivity contribution is 5.84. The Kier molecular flexibility index (Phi) is 13.8. The number of rotatable bonds is 14. The number of hydrogen-bond donors (Lipinski definition) is 3. The zero-order valence-corrected chi connectivity index (χ0v) is 32.5. The summed E-state index contributed by atoms with van der Waals surface area (Å²) >= 11 is 0. The van der Waals surface area contributed by atoms with Crippen LogP contribution in [0.25, 0.3) is 11.1 Å². The molecule has 10 heteroatoms. The van der Waals surface area contributed by atoms with E-state index in [9.17, 15) is 14.7 Å². The fourth-order valence-electron chi connectivity index (χ4n) is 7.64. The molecule has 10 nitrogen and oxygen atoms in total. The lowest BCUT2D eigenvalue weighted by atomic mass is 9.97. The van der Waals surface area contributed by atoms with Crippen LogP contribution in [-0.2, 0) is 45.1 Å². The molecule has 3 N–H and O–H groups in total. The van der Waals surface area contributed by atoms with Crippen molar-refractivity contribution in [3.8, 4) is 11.1 Å². The van der Waals surface area contributed by atoms with Gasteiger partial charge >= 0.3 is 12.0 Å². The number of carbonyl (C=O) groups excluding carboxylic acids is 2. The van der Waals surface area contributed by atoms with Gasteiger partial charge in [0.1, 0.15) is 6.04 Å². The molecule has 296 valence electrons. The SMILES string of the molecule is COC(=O)C(Cc1ccccc1)NC(=O)NCc1ccccc1-c1ccc(C2OC(CN3CCN(Cc4ccccc4)CC3)CC(c3ccc(CO)cc3)O2)cc1. The third-order valence-corrected chi connectivity index (χ3v) is 10.8. The third-order valence-electron chi connectivity index (χ3n) is 10.8. The Balaban J connectivity index is 1.00. The van der Waals surface area contributed by atoms with Crippen molar-refractivity contribution < 1.29 is 28.9 Å². The number of methoxy groups -OCH3 is 1. The second-order valence-electron chi connectivity index (χ2n) is 14.8. The summed E-state index contributed by atoms with van der Waals surface area (Å²) in [5.74, 6) is -0.505. The van der Waals surface area contributed by atoms with Crippen molar-refractivity contribution in [2.75, 3.05) is 39.8 Å². The van der Waals surface area contributed by atoms with Gasteiger partial charge in [-0.1, -0.05) is 133 Å². The Labute approximate surface area is 335 Å². The average molecular weight is 769 g/mol. The number of ether oxygens (including phenoxy) is 3. The number of carbonyl (C=O) groups is 2. The molecular formula is C47H52N4O6. The smallest absolute Gasteiger partial charge is 0.328 e. The zero-order chi connectivity index (χ0) is 39.4. The number of piperazine rings is 1. The van der Waals surface area contributed by atoms with Gasteiger partial charge in [0, 0.05) is 64.2 Å². The minimum absolute atomic E-state index is 0.000230. The Hall–Kier alpha value is -5.36. The van der Waals surface area contributed by atoms with Crippen LogP contribution in [0.3, 0.4) is 0 Å². The van der Waals surface area contributed by atoms with Gasteiger partial charge in [0.25, 0.3) is 0 Å². The predicted molar refractivity (Wildman–Crippen MR) is 220 cm³/mol. The summed E-state index contributed by atoms with van der Waals surface area (Å²) in [6, 6.07) is 43.1. The number of amides is 2. The van der Waals surface area contributed by atoms with E-state index in [0.717, 1.165) is 84.6 Å². The maximum atomic E-state index is 13.0. The van der Waals surface area contributed by atoms with Gasteiger partial charge in [-0.25, -0.2) is 9.59 Å². The molecule has 2 saturated heterocycles. The number of nitrogens with zero attached hydrogens (tertiary/aromatic N) is 2. The number of aliphatic hydroxyl groups excluding tert-OH is 1. The fraction of sp³-hybridized carbons (Fsp3) is 0.319. The van der Waals surface area contributed by atoms with E-state index in [2.05, 4.69) is 75.0 Å². The number of urea groups is 1. The summed E-state index contributed by atoms with van der Waals surface area (Å²) in [5, 5.41) is 15.3. The number of esters is 1. The topological polar surface area (TPSA) is 113 Å². The lowest BCUT2D eigenvalue weighted by Gasteiger charge is -2.40. The number of aliphatic hydroxyl groups is 1. The first-order valence-electron chi connectivity index (χ1n) is 19.8. The first-order valence-corrected chi connectivity index (χ1v) is 19.8. The molecule has 4 atom stereocenters. The van der Waals surface area contributed by atoms with Crippen molar-refractivity contribution in [2.24, 2.45) is 0 Å². The lowest BCUT2D eigenvalue weighted by molar-refractivity contribution is -0.253. The van der Waals surface area contributed by atoms with E-state index in [1.807, 2.05) is 78.9 Å². The van der Waals surface area contributed by atoms with Crippen LogP contribution in [0.5, 0.6) is 0 Å². The summed E-state index contributed by atoms with van der Waals surface area (Å²) in [4.78, 5) is 30.5. The molecule has 4 unspecified atom stereocenters. The van der Waals surface area contributed by atoms with Crippen molar-refractivity contribution in [3.05, 3.63) is 167 Å². The van der Waals surface area contributed by atoms with Crippen molar-refractivity contribution in [1.29, 1.82) is 0 Å². The largest absolute Gasteiger partial charge is 0.467 e. The van der Waals surface area contributed by atoms with Gasteiger partial charge in [-0.15, -0.1) is 0 Å². The molecule has 0 aliphatic carbocycles. The highest BCUT2D eigenvalue weighted by atomic mass is 16.7. The third kappa shape index (κ3) is 10.9. The van der Waals surface area contributed by atoms with Gasteiger partial charge in [0.2, 0.25) is 0 Å². The van der Waals surface area contributed by atoms with Crippen LogP contribution < -0.4 is 10.6 Å².